The van der Waals surface area contributed by atoms with Gasteiger partial charge in [0.25, 0.3) is 15.9 Å². The van der Waals surface area contributed by atoms with Crippen LogP contribution in [0.25, 0.3) is 23.3 Å². The largest absolute Gasteiger partial charge is 0.417 e. The average molecular weight is 752 g/mol. The van der Waals surface area contributed by atoms with Gasteiger partial charge in [-0.2, -0.15) is 39.3 Å². The van der Waals surface area contributed by atoms with Gasteiger partial charge in [-0.1, -0.05) is 66.2 Å². The van der Waals surface area contributed by atoms with E-state index in [1.54, 1.807) is 40.7 Å². The topological polar surface area (TPSA) is 69.7 Å². The number of alkyl halides is 6. The zero-order valence-electron chi connectivity index (χ0n) is 27.5. The van der Waals surface area contributed by atoms with Gasteiger partial charge < -0.3 is 9.80 Å². The van der Waals surface area contributed by atoms with Gasteiger partial charge >= 0.3 is 12.4 Å². The first-order chi connectivity index (χ1) is 23.9. The highest BCUT2D eigenvalue weighted by atomic mass is 35.5. The standard InChI is InChI=1S/C36H33ClF6N4O3S/c1-4-44-29-15-14-26(35(38,39)40)20-30(29)46(18-9-19-51(48,49)50)33(44)16-12-24(3)13-17-34-45(5-2)32-22-28(37)27(36(41,42)43)21-31(32)47(34)23-25-10-7-6-8-11-25/h4,6-8,10-17,20-22H,1,5,9,18-19,23H2,2-3H3/p+1. The maximum atomic E-state index is 13.9. The molecule has 7 nitrogen and oxygen atoms in total. The van der Waals surface area contributed by atoms with Crippen LogP contribution in [0.15, 0.2) is 96.9 Å². The molecule has 0 spiro atoms. The van der Waals surface area contributed by atoms with Crippen LogP contribution in [0.2, 0.25) is 5.02 Å². The lowest BCUT2D eigenvalue weighted by Crippen LogP contribution is -2.29. The number of aromatic nitrogens is 2. The van der Waals surface area contributed by atoms with Crippen molar-refractivity contribution in [1.29, 1.82) is 0 Å². The molecule has 0 amide bonds. The molecule has 1 aliphatic heterocycles. The van der Waals surface area contributed by atoms with Crippen molar-refractivity contribution in [2.75, 3.05) is 22.1 Å². The van der Waals surface area contributed by atoms with Crippen molar-refractivity contribution in [2.24, 2.45) is 0 Å². The molecule has 5 rings (SSSR count). The first-order valence-corrected chi connectivity index (χ1v) is 17.7. The molecule has 0 bridgehead atoms. The molecule has 0 saturated heterocycles. The third-order valence-corrected chi connectivity index (χ3v) is 9.45. The maximum Gasteiger partial charge on any atom is 0.417 e. The minimum Gasteiger partial charge on any atom is -0.326 e. The van der Waals surface area contributed by atoms with Gasteiger partial charge in [0, 0.05) is 31.7 Å². The van der Waals surface area contributed by atoms with E-state index in [-0.39, 0.29) is 25.0 Å². The molecule has 1 N–H and O–H groups in total. The Morgan fingerprint density at radius 1 is 0.980 bits per heavy atom. The Morgan fingerprint density at radius 3 is 2.27 bits per heavy atom. The summed E-state index contributed by atoms with van der Waals surface area (Å²) in [5.41, 5.74) is 1.12. The molecular formula is C36H34ClF6N4O3S+. The van der Waals surface area contributed by atoms with E-state index >= 15 is 0 Å². The van der Waals surface area contributed by atoms with Crippen LogP contribution in [0.5, 0.6) is 0 Å². The number of allylic oxidation sites excluding steroid dienone is 4. The Kier molecular flexibility index (Phi) is 10.8. The van der Waals surface area contributed by atoms with Crippen molar-refractivity contribution < 1.29 is 43.9 Å². The van der Waals surface area contributed by atoms with Crippen molar-refractivity contribution in [3.63, 3.8) is 0 Å². The number of benzene rings is 3. The number of hydrogen-bond donors (Lipinski definition) is 1. The number of rotatable bonds is 11. The van der Waals surface area contributed by atoms with Crippen molar-refractivity contribution in [3.05, 3.63) is 124 Å². The summed E-state index contributed by atoms with van der Waals surface area (Å²) in [5.74, 6) is 0.388. The summed E-state index contributed by atoms with van der Waals surface area (Å²) in [5, 5.41) is -0.417. The van der Waals surface area contributed by atoms with E-state index in [0.717, 1.165) is 23.8 Å². The molecule has 1 aliphatic rings. The van der Waals surface area contributed by atoms with Crippen LogP contribution in [0, 0.1) is 0 Å². The third-order valence-electron chi connectivity index (χ3n) is 8.34. The SMILES string of the molecule is C=C[n+]1c(/C=C/C(C)=C\C=C2/N(CC)c3cc(Cl)c(C(F)(F)F)cc3N2Cc2ccccc2)n(CCCS(=O)(=O)O)c2cc(C(F)(F)F)ccc21. The molecule has 0 unspecified atom stereocenters. The molecular weight excluding hydrogens is 718 g/mol. The minimum atomic E-state index is -4.67. The van der Waals surface area contributed by atoms with Crippen LogP contribution in [-0.2, 0) is 35.6 Å². The second-order valence-corrected chi connectivity index (χ2v) is 13.8. The highest BCUT2D eigenvalue weighted by Crippen LogP contribution is 2.48. The molecule has 4 aromatic rings. The molecule has 2 heterocycles. The van der Waals surface area contributed by atoms with Crippen LogP contribution in [0.3, 0.4) is 0 Å². The molecule has 270 valence electrons. The predicted octanol–water partition coefficient (Wildman–Crippen LogP) is 9.35. The summed E-state index contributed by atoms with van der Waals surface area (Å²) in [6.45, 7) is 8.10. The van der Waals surface area contributed by atoms with Crippen LogP contribution in [0.4, 0.5) is 37.7 Å². The average Bonchev–Trinajstić information content (AvgIpc) is 3.50. The van der Waals surface area contributed by atoms with E-state index in [1.165, 1.54) is 22.9 Å². The number of halogens is 7. The summed E-state index contributed by atoms with van der Waals surface area (Å²) < 4.78 is 118. The maximum absolute atomic E-state index is 13.9. The van der Waals surface area contributed by atoms with Crippen molar-refractivity contribution in [1.82, 2.24) is 4.57 Å². The van der Waals surface area contributed by atoms with Gasteiger partial charge in [0.1, 0.15) is 5.82 Å². The van der Waals surface area contributed by atoms with E-state index in [9.17, 15) is 39.3 Å². The quantitative estimate of drug-likeness (QED) is 0.0716. The normalized spacial score (nSPS) is 15.1. The van der Waals surface area contributed by atoms with Crippen molar-refractivity contribution >= 4 is 56.4 Å². The Labute approximate surface area is 296 Å². The molecule has 3 aromatic carbocycles. The van der Waals surface area contributed by atoms with Crippen LogP contribution >= 0.6 is 11.6 Å². The first kappa shape index (κ1) is 37.7. The molecule has 0 saturated carbocycles. The van der Waals surface area contributed by atoms with E-state index in [4.69, 9.17) is 11.6 Å². The number of hydrogen-bond acceptors (Lipinski definition) is 4. The fraction of sp³-hybridized carbons (Fsp3) is 0.250. The van der Waals surface area contributed by atoms with Crippen LogP contribution in [0.1, 0.15) is 42.8 Å². The van der Waals surface area contributed by atoms with Gasteiger partial charge in [-0.05, 0) is 49.8 Å². The van der Waals surface area contributed by atoms with Crippen LogP contribution < -0.4 is 14.4 Å². The van der Waals surface area contributed by atoms with E-state index in [1.807, 2.05) is 42.2 Å². The third kappa shape index (κ3) is 8.35. The molecule has 0 aliphatic carbocycles. The lowest BCUT2D eigenvalue weighted by molar-refractivity contribution is -0.542. The molecule has 0 radical (unpaired) electrons. The predicted molar refractivity (Wildman–Crippen MR) is 188 cm³/mol. The highest BCUT2D eigenvalue weighted by molar-refractivity contribution is 7.85. The Bertz CT molecular complexity index is 2160. The molecule has 51 heavy (non-hydrogen) atoms. The number of anilines is 2. The minimum absolute atomic E-state index is 0.0361. The lowest BCUT2D eigenvalue weighted by atomic mass is 10.1. The van der Waals surface area contributed by atoms with Gasteiger partial charge in [-0.3, -0.25) is 4.55 Å². The smallest absolute Gasteiger partial charge is 0.326 e. The van der Waals surface area contributed by atoms with Crippen molar-refractivity contribution in [3.8, 4) is 0 Å². The fourth-order valence-electron chi connectivity index (χ4n) is 6.00. The highest BCUT2D eigenvalue weighted by Gasteiger charge is 2.39. The lowest BCUT2D eigenvalue weighted by Gasteiger charge is -2.24. The number of aryl methyl sites for hydroxylation is 1. The zero-order chi connectivity index (χ0) is 37.3. The molecule has 1 aromatic heterocycles. The second kappa shape index (κ2) is 14.6. The summed E-state index contributed by atoms with van der Waals surface area (Å²) >= 11 is 6.13. The first-order valence-electron chi connectivity index (χ1n) is 15.7. The zero-order valence-corrected chi connectivity index (χ0v) is 29.1. The summed E-state index contributed by atoms with van der Waals surface area (Å²) in [6, 6.07) is 14.9. The van der Waals surface area contributed by atoms with Gasteiger partial charge in [0.15, 0.2) is 11.0 Å². The van der Waals surface area contributed by atoms with E-state index in [0.29, 0.717) is 40.7 Å². The van der Waals surface area contributed by atoms with Gasteiger partial charge in [0.05, 0.1) is 46.0 Å². The number of imidazole rings is 1. The Morgan fingerprint density at radius 2 is 1.67 bits per heavy atom. The monoisotopic (exact) mass is 751 g/mol. The molecule has 0 atom stereocenters. The van der Waals surface area contributed by atoms with Gasteiger partial charge in [-0.25, -0.2) is 4.57 Å². The van der Waals surface area contributed by atoms with Gasteiger partial charge in [-0.15, -0.1) is 0 Å². The number of fused-ring (bicyclic) bond motifs is 2. The molecule has 15 heteroatoms. The van der Waals surface area contributed by atoms with Crippen LogP contribution in [-0.4, -0.2) is 29.8 Å². The Balaban J connectivity index is 1.58. The second-order valence-electron chi connectivity index (χ2n) is 11.8. The molecule has 0 fully saturated rings. The Hall–Kier alpha value is -4.53. The summed E-state index contributed by atoms with van der Waals surface area (Å²) in [7, 11) is -4.32. The number of nitrogens with zero attached hydrogens (tertiary/aromatic N) is 4. The summed E-state index contributed by atoms with van der Waals surface area (Å²) in [4.78, 5) is 3.64. The van der Waals surface area contributed by atoms with Crippen molar-refractivity contribution in [2.45, 2.75) is 45.7 Å². The summed E-state index contributed by atoms with van der Waals surface area (Å²) in [6.07, 6.45) is -1.07. The van der Waals surface area contributed by atoms with E-state index < -0.39 is 44.4 Å². The van der Waals surface area contributed by atoms with E-state index in [2.05, 4.69) is 6.58 Å². The fourth-order valence-corrected chi connectivity index (χ4v) is 6.76. The van der Waals surface area contributed by atoms with Gasteiger partial charge in [0.2, 0.25) is 0 Å².